The van der Waals surface area contributed by atoms with Gasteiger partial charge in [-0.3, -0.25) is 4.72 Å². The summed E-state index contributed by atoms with van der Waals surface area (Å²) in [6.07, 6.45) is 0. The van der Waals surface area contributed by atoms with E-state index in [9.17, 15) is 8.42 Å². The van der Waals surface area contributed by atoms with Gasteiger partial charge in [0.2, 0.25) is 10.0 Å². The van der Waals surface area contributed by atoms with E-state index in [2.05, 4.69) is 4.72 Å². The van der Waals surface area contributed by atoms with E-state index in [0.29, 0.717) is 5.75 Å². The average molecular weight is 254 g/mol. The Labute approximate surface area is 101 Å². The van der Waals surface area contributed by atoms with Crippen molar-refractivity contribution in [2.75, 3.05) is 11.8 Å². The minimum atomic E-state index is -3.50. The van der Waals surface area contributed by atoms with Crippen LogP contribution in [0.3, 0.4) is 0 Å². The third-order valence-corrected chi connectivity index (χ3v) is 3.96. The zero-order valence-electron chi connectivity index (χ0n) is 9.89. The van der Waals surface area contributed by atoms with Crippen LogP contribution in [0.1, 0.15) is 19.4 Å². The molecule has 0 amide bonds. The highest BCUT2D eigenvalue weighted by Crippen LogP contribution is 2.29. The molecule has 0 bridgehead atoms. The minimum Gasteiger partial charge on any atom is -0.495 e. The van der Waals surface area contributed by atoms with E-state index < -0.39 is 15.3 Å². The molecule has 1 aromatic rings. The van der Waals surface area contributed by atoms with Crippen molar-refractivity contribution in [3.05, 3.63) is 23.8 Å². The third-order valence-electron chi connectivity index (χ3n) is 2.23. The summed E-state index contributed by atoms with van der Waals surface area (Å²) in [7, 11) is -2.08. The molecule has 0 aliphatic carbocycles. The van der Waals surface area contributed by atoms with E-state index in [4.69, 9.17) is 10.00 Å². The van der Waals surface area contributed by atoms with Crippen LogP contribution in [-0.2, 0) is 10.0 Å². The predicted molar refractivity (Wildman–Crippen MR) is 65.4 cm³/mol. The number of nitrogens with one attached hydrogen (secondary N) is 1. The van der Waals surface area contributed by atoms with Gasteiger partial charge in [-0.05, 0) is 26.0 Å². The average Bonchev–Trinajstić information content (AvgIpc) is 2.28. The first-order chi connectivity index (χ1) is 7.92. The van der Waals surface area contributed by atoms with Crippen LogP contribution < -0.4 is 9.46 Å². The second kappa shape index (κ2) is 5.06. The molecule has 1 rings (SSSR count). The van der Waals surface area contributed by atoms with Gasteiger partial charge in [-0.15, -0.1) is 0 Å². The van der Waals surface area contributed by atoms with Gasteiger partial charge in [0, 0.05) is 0 Å². The maximum absolute atomic E-state index is 11.8. The number of anilines is 1. The van der Waals surface area contributed by atoms with Crippen molar-refractivity contribution in [1.82, 2.24) is 0 Å². The van der Waals surface area contributed by atoms with Crippen molar-refractivity contribution in [1.29, 1.82) is 5.26 Å². The summed E-state index contributed by atoms with van der Waals surface area (Å²) < 4.78 is 30.9. The maximum Gasteiger partial charge on any atom is 0.235 e. The van der Waals surface area contributed by atoms with Crippen LogP contribution in [0.2, 0.25) is 0 Å². The van der Waals surface area contributed by atoms with Crippen LogP contribution in [0.15, 0.2) is 18.2 Å². The van der Waals surface area contributed by atoms with Gasteiger partial charge in [0.15, 0.2) is 0 Å². The number of hydrogen-bond acceptors (Lipinski definition) is 4. The highest BCUT2D eigenvalue weighted by molar-refractivity contribution is 7.93. The van der Waals surface area contributed by atoms with Gasteiger partial charge < -0.3 is 4.74 Å². The summed E-state index contributed by atoms with van der Waals surface area (Å²) in [5, 5.41) is 8.35. The Hall–Kier alpha value is -1.74. The van der Waals surface area contributed by atoms with E-state index in [0.717, 1.165) is 0 Å². The fourth-order valence-corrected chi connectivity index (χ4v) is 1.89. The molecule has 5 nitrogen and oxygen atoms in total. The van der Waals surface area contributed by atoms with E-state index in [1.807, 2.05) is 6.07 Å². The Morgan fingerprint density at radius 1 is 1.41 bits per heavy atom. The fourth-order valence-electron chi connectivity index (χ4n) is 1.16. The number of ether oxygens (including phenoxy) is 1. The van der Waals surface area contributed by atoms with E-state index in [-0.39, 0.29) is 11.3 Å². The lowest BCUT2D eigenvalue weighted by molar-refractivity contribution is 0.416. The van der Waals surface area contributed by atoms with E-state index >= 15 is 0 Å². The first-order valence-corrected chi connectivity index (χ1v) is 6.55. The summed E-state index contributed by atoms with van der Waals surface area (Å²) in [6.45, 7) is 3.12. The molecule has 1 aromatic carbocycles. The van der Waals surface area contributed by atoms with Crippen LogP contribution in [0.5, 0.6) is 5.75 Å². The molecule has 0 unspecified atom stereocenters. The third kappa shape index (κ3) is 2.88. The van der Waals surface area contributed by atoms with Gasteiger partial charge in [-0.25, -0.2) is 8.42 Å². The number of rotatable bonds is 4. The molecule has 0 heterocycles. The van der Waals surface area contributed by atoms with Gasteiger partial charge in [-0.1, -0.05) is 6.07 Å². The van der Waals surface area contributed by atoms with Crippen molar-refractivity contribution in [2.24, 2.45) is 0 Å². The van der Waals surface area contributed by atoms with Crippen molar-refractivity contribution in [3.8, 4) is 11.8 Å². The number of benzene rings is 1. The second-order valence-electron chi connectivity index (χ2n) is 3.69. The summed E-state index contributed by atoms with van der Waals surface area (Å²) in [5.74, 6) is 0.327. The summed E-state index contributed by atoms with van der Waals surface area (Å²) in [6, 6.07) is 6.68. The topological polar surface area (TPSA) is 79.2 Å². The molecule has 0 saturated heterocycles. The molecule has 17 heavy (non-hydrogen) atoms. The zero-order valence-corrected chi connectivity index (χ0v) is 10.7. The molecule has 0 saturated carbocycles. The molecule has 0 spiro atoms. The lowest BCUT2D eigenvalue weighted by Gasteiger charge is -2.14. The normalized spacial score (nSPS) is 11.0. The quantitative estimate of drug-likeness (QED) is 0.887. The SMILES string of the molecule is COc1cccc(C#N)c1NS(=O)(=O)C(C)C. The smallest absolute Gasteiger partial charge is 0.235 e. The molecule has 1 N–H and O–H groups in total. The monoisotopic (exact) mass is 254 g/mol. The number of hydrogen-bond donors (Lipinski definition) is 1. The lowest BCUT2D eigenvalue weighted by atomic mass is 10.2. The number of sulfonamides is 1. The fraction of sp³-hybridized carbons (Fsp3) is 0.364. The maximum atomic E-state index is 11.8. The standard InChI is InChI=1S/C11H14N2O3S/c1-8(2)17(14,15)13-11-9(7-12)5-4-6-10(11)16-3/h4-6,8,13H,1-3H3. The molecule has 0 radical (unpaired) electrons. The number of para-hydroxylation sites is 1. The first kappa shape index (κ1) is 13.3. The van der Waals surface area contributed by atoms with Gasteiger partial charge in [0.1, 0.15) is 17.5 Å². The van der Waals surface area contributed by atoms with E-state index in [1.165, 1.54) is 13.2 Å². The summed E-state index contributed by atoms with van der Waals surface area (Å²) in [4.78, 5) is 0. The van der Waals surface area contributed by atoms with Crippen LogP contribution >= 0.6 is 0 Å². The Morgan fingerprint density at radius 3 is 2.53 bits per heavy atom. The largest absolute Gasteiger partial charge is 0.495 e. The molecule has 0 aromatic heterocycles. The molecule has 0 atom stereocenters. The van der Waals surface area contributed by atoms with Gasteiger partial charge >= 0.3 is 0 Å². The molecule has 6 heteroatoms. The van der Waals surface area contributed by atoms with Crippen molar-refractivity contribution in [3.63, 3.8) is 0 Å². The van der Waals surface area contributed by atoms with Crippen LogP contribution in [0.25, 0.3) is 0 Å². The van der Waals surface area contributed by atoms with Crippen LogP contribution in [0.4, 0.5) is 5.69 Å². The van der Waals surface area contributed by atoms with Crippen molar-refractivity contribution >= 4 is 15.7 Å². The molecular formula is C11H14N2O3S. The first-order valence-electron chi connectivity index (χ1n) is 5.01. The molecule has 92 valence electrons. The van der Waals surface area contributed by atoms with Gasteiger partial charge in [-0.2, -0.15) is 5.26 Å². The Balaban J connectivity index is 3.27. The van der Waals surface area contributed by atoms with Crippen LogP contribution in [-0.4, -0.2) is 20.8 Å². The molecule has 0 fully saturated rings. The lowest BCUT2D eigenvalue weighted by Crippen LogP contribution is -2.23. The van der Waals surface area contributed by atoms with Crippen LogP contribution in [0, 0.1) is 11.3 Å². The number of nitrogens with zero attached hydrogens (tertiary/aromatic N) is 1. The second-order valence-corrected chi connectivity index (χ2v) is 5.93. The zero-order chi connectivity index (χ0) is 13.1. The highest BCUT2D eigenvalue weighted by Gasteiger charge is 2.19. The summed E-state index contributed by atoms with van der Waals surface area (Å²) >= 11 is 0. The predicted octanol–water partition coefficient (Wildman–Crippen LogP) is 1.72. The van der Waals surface area contributed by atoms with Crippen molar-refractivity contribution < 1.29 is 13.2 Å². The van der Waals surface area contributed by atoms with E-state index in [1.54, 1.807) is 26.0 Å². The summed E-state index contributed by atoms with van der Waals surface area (Å²) in [5.41, 5.74) is 0.416. The Kier molecular flexibility index (Phi) is 3.97. The highest BCUT2D eigenvalue weighted by atomic mass is 32.2. The van der Waals surface area contributed by atoms with Gasteiger partial charge in [0.05, 0.1) is 17.9 Å². The molecule has 0 aliphatic heterocycles. The minimum absolute atomic E-state index is 0.186. The Bertz CT molecular complexity index is 544. The molecular weight excluding hydrogens is 240 g/mol. The number of methoxy groups -OCH3 is 1. The van der Waals surface area contributed by atoms with Crippen molar-refractivity contribution in [2.45, 2.75) is 19.1 Å². The van der Waals surface area contributed by atoms with Gasteiger partial charge in [0.25, 0.3) is 0 Å². The number of nitriles is 1. The Morgan fingerprint density at radius 2 is 2.06 bits per heavy atom. The molecule has 0 aliphatic rings.